The van der Waals surface area contributed by atoms with E-state index >= 15 is 0 Å². The van der Waals surface area contributed by atoms with Crippen molar-refractivity contribution in [2.45, 2.75) is 83.6 Å². The summed E-state index contributed by atoms with van der Waals surface area (Å²) < 4.78 is 0. The summed E-state index contributed by atoms with van der Waals surface area (Å²) in [6.07, 6.45) is 6.76. The zero-order valence-corrected chi connectivity index (χ0v) is 27.0. The van der Waals surface area contributed by atoms with Gasteiger partial charge in [-0.1, -0.05) is 124 Å². The third-order valence-corrected chi connectivity index (χ3v) is 10.1. The molecule has 1 fully saturated rings. The molecule has 222 valence electrons. The number of benzene rings is 5. The van der Waals surface area contributed by atoms with E-state index in [1.54, 1.807) is 0 Å². The Balaban J connectivity index is 1.45. The molecule has 0 heterocycles. The second-order valence-corrected chi connectivity index (χ2v) is 14.4. The van der Waals surface area contributed by atoms with Gasteiger partial charge in [0.15, 0.2) is 0 Å². The van der Waals surface area contributed by atoms with Gasteiger partial charge in [0.25, 0.3) is 0 Å². The summed E-state index contributed by atoms with van der Waals surface area (Å²) in [5.74, 6) is 0.705. The average molecular weight is 576 g/mol. The van der Waals surface area contributed by atoms with Gasteiger partial charge >= 0.3 is 0 Å². The quantitative estimate of drug-likeness (QED) is 0.201. The summed E-state index contributed by atoms with van der Waals surface area (Å²) in [5.41, 5.74) is 14.4. The third kappa shape index (κ3) is 4.97. The van der Waals surface area contributed by atoms with Crippen molar-refractivity contribution >= 4 is 11.4 Å². The fourth-order valence-electron chi connectivity index (χ4n) is 8.05. The van der Waals surface area contributed by atoms with Gasteiger partial charge in [0.05, 0.1) is 0 Å². The molecule has 5 aromatic rings. The minimum Gasteiger partial charge on any atom is -0.336 e. The molecule has 44 heavy (non-hydrogen) atoms. The summed E-state index contributed by atoms with van der Waals surface area (Å²) in [7, 11) is 0. The first-order valence-electron chi connectivity index (χ1n) is 16.6. The fraction of sp³-hybridized carbons (Fsp3) is 0.302. The summed E-state index contributed by atoms with van der Waals surface area (Å²) in [4.78, 5) is 2.58. The molecule has 0 radical (unpaired) electrons. The molecular weight excluding hydrogens is 530 g/mol. The molecule has 5 aromatic carbocycles. The van der Waals surface area contributed by atoms with Crippen LogP contribution >= 0.6 is 0 Å². The van der Waals surface area contributed by atoms with Crippen LogP contribution in [0.4, 0.5) is 11.4 Å². The highest BCUT2D eigenvalue weighted by atomic mass is 15.2. The Morgan fingerprint density at radius 1 is 0.614 bits per heavy atom. The maximum atomic E-state index is 2.58. The van der Waals surface area contributed by atoms with Gasteiger partial charge in [-0.3, -0.25) is 0 Å². The van der Waals surface area contributed by atoms with E-state index in [9.17, 15) is 0 Å². The normalized spacial score (nSPS) is 15.9. The molecule has 2 aliphatic carbocycles. The number of rotatable bonds is 5. The molecule has 1 saturated carbocycles. The third-order valence-electron chi connectivity index (χ3n) is 10.1. The maximum absolute atomic E-state index is 2.58. The summed E-state index contributed by atoms with van der Waals surface area (Å²) in [6.45, 7) is 11.9. The predicted octanol–water partition coefficient (Wildman–Crippen LogP) is 12.3. The van der Waals surface area contributed by atoms with Gasteiger partial charge in [-0.15, -0.1) is 0 Å². The Bertz CT molecular complexity index is 1780. The first-order chi connectivity index (χ1) is 21.2. The van der Waals surface area contributed by atoms with Crippen LogP contribution in [0.2, 0.25) is 0 Å². The maximum Gasteiger partial charge on any atom is 0.0498 e. The molecule has 0 unspecified atom stereocenters. The van der Waals surface area contributed by atoms with Crippen molar-refractivity contribution < 1.29 is 0 Å². The van der Waals surface area contributed by atoms with Crippen LogP contribution in [0, 0.1) is 0 Å². The van der Waals surface area contributed by atoms with Crippen molar-refractivity contribution in [3.63, 3.8) is 0 Å². The highest BCUT2D eigenvalue weighted by Crippen LogP contribution is 2.56. The van der Waals surface area contributed by atoms with E-state index in [2.05, 4.69) is 155 Å². The highest BCUT2D eigenvalue weighted by molar-refractivity contribution is 5.96. The molecule has 1 nitrogen and oxygen atoms in total. The molecule has 0 bridgehead atoms. The topological polar surface area (TPSA) is 3.24 Å². The van der Waals surface area contributed by atoms with E-state index in [-0.39, 0.29) is 11.0 Å². The molecule has 1 heteroatoms. The molecule has 2 aliphatic rings. The van der Waals surface area contributed by atoms with Gasteiger partial charge < -0.3 is 4.90 Å². The average Bonchev–Trinajstić information content (AvgIpc) is 3.28. The van der Waals surface area contributed by atoms with Crippen LogP contribution < -0.4 is 4.90 Å². The first-order valence-corrected chi connectivity index (χ1v) is 16.6. The van der Waals surface area contributed by atoms with Crippen LogP contribution in [0.15, 0.2) is 115 Å². The van der Waals surface area contributed by atoms with Crippen molar-refractivity contribution in [3.8, 4) is 33.4 Å². The number of anilines is 2. The van der Waals surface area contributed by atoms with Crippen molar-refractivity contribution in [2.24, 2.45) is 0 Å². The van der Waals surface area contributed by atoms with Crippen LogP contribution in [0.25, 0.3) is 33.4 Å². The molecule has 7 rings (SSSR count). The first kappa shape index (κ1) is 28.7. The van der Waals surface area contributed by atoms with Gasteiger partial charge in [-0.05, 0) is 108 Å². The van der Waals surface area contributed by atoms with E-state index in [1.807, 2.05) is 0 Å². The SMILES string of the molecule is CC1(C)c2ccccc2-c2ccc(N(c3ccc(C4CCCCC4)cc3)C(C)(C)C)c(-c3cccc(-c4ccccc4)c3)c21. The fourth-order valence-corrected chi connectivity index (χ4v) is 8.05. The number of nitrogens with zero attached hydrogens (tertiary/aromatic N) is 1. The number of fused-ring (bicyclic) bond motifs is 3. The van der Waals surface area contributed by atoms with Gasteiger partial charge in [0.1, 0.15) is 0 Å². The molecule has 0 saturated heterocycles. The lowest BCUT2D eigenvalue weighted by Gasteiger charge is -2.40. The smallest absolute Gasteiger partial charge is 0.0498 e. The van der Waals surface area contributed by atoms with E-state index in [4.69, 9.17) is 0 Å². The van der Waals surface area contributed by atoms with E-state index in [0.717, 1.165) is 0 Å². The monoisotopic (exact) mass is 575 g/mol. The number of hydrogen-bond donors (Lipinski definition) is 0. The van der Waals surface area contributed by atoms with Crippen molar-refractivity contribution in [3.05, 3.63) is 132 Å². The van der Waals surface area contributed by atoms with E-state index in [1.165, 1.54) is 93.5 Å². The highest BCUT2D eigenvalue weighted by Gasteiger charge is 2.40. The van der Waals surface area contributed by atoms with Crippen LogP contribution in [0.1, 0.15) is 89.3 Å². The van der Waals surface area contributed by atoms with Gasteiger partial charge in [0, 0.05) is 27.9 Å². The lowest BCUT2D eigenvalue weighted by atomic mass is 9.77. The van der Waals surface area contributed by atoms with Crippen molar-refractivity contribution in [2.75, 3.05) is 4.90 Å². The zero-order valence-electron chi connectivity index (χ0n) is 27.0. The minimum absolute atomic E-state index is 0.131. The van der Waals surface area contributed by atoms with Crippen LogP contribution in [0.5, 0.6) is 0 Å². The van der Waals surface area contributed by atoms with Crippen LogP contribution in [0.3, 0.4) is 0 Å². The molecule has 0 N–H and O–H groups in total. The van der Waals surface area contributed by atoms with Crippen molar-refractivity contribution in [1.82, 2.24) is 0 Å². The van der Waals surface area contributed by atoms with Gasteiger partial charge in [-0.2, -0.15) is 0 Å². The van der Waals surface area contributed by atoms with Crippen molar-refractivity contribution in [1.29, 1.82) is 0 Å². The molecule has 0 spiro atoms. The molecule has 0 aliphatic heterocycles. The van der Waals surface area contributed by atoms with Crippen LogP contribution in [-0.4, -0.2) is 5.54 Å². The minimum atomic E-state index is -0.137. The van der Waals surface area contributed by atoms with Gasteiger partial charge in [0.2, 0.25) is 0 Å². The van der Waals surface area contributed by atoms with Gasteiger partial charge in [-0.25, -0.2) is 0 Å². The van der Waals surface area contributed by atoms with E-state index in [0.29, 0.717) is 5.92 Å². The summed E-state index contributed by atoms with van der Waals surface area (Å²) >= 11 is 0. The predicted molar refractivity (Wildman–Crippen MR) is 189 cm³/mol. The lowest BCUT2D eigenvalue weighted by Crippen LogP contribution is -2.38. The Hall–Kier alpha value is -4.10. The summed E-state index contributed by atoms with van der Waals surface area (Å²) in [6, 6.07) is 43.3. The molecule has 0 atom stereocenters. The second kappa shape index (κ2) is 11.1. The molecule has 0 amide bonds. The molecule has 0 aromatic heterocycles. The Kier molecular flexibility index (Phi) is 7.24. The lowest BCUT2D eigenvalue weighted by molar-refractivity contribution is 0.443. The molecular formula is C43H45N. The zero-order chi connectivity index (χ0) is 30.5. The van der Waals surface area contributed by atoms with Crippen LogP contribution in [-0.2, 0) is 5.41 Å². The Labute approximate surface area is 264 Å². The van der Waals surface area contributed by atoms with E-state index < -0.39 is 0 Å². The summed E-state index contributed by atoms with van der Waals surface area (Å²) in [5, 5.41) is 0. The largest absolute Gasteiger partial charge is 0.336 e. The Morgan fingerprint density at radius 2 is 1.27 bits per heavy atom. The second-order valence-electron chi connectivity index (χ2n) is 14.4. The number of hydrogen-bond acceptors (Lipinski definition) is 1. The Morgan fingerprint density at radius 3 is 2.00 bits per heavy atom. The standard InChI is InChI=1S/C43H45N/c1-42(2,3)44(35-25-23-32(24-26-35)30-15-8-6-9-16-30)39-28-27-37-36-21-12-13-22-38(36)43(4,5)41(37)40(39)34-20-14-19-33(29-34)31-17-10-7-11-18-31/h7,10-14,17-30H,6,8-9,15-16H2,1-5H3.